The zero-order valence-electron chi connectivity index (χ0n) is 13.7. The summed E-state index contributed by atoms with van der Waals surface area (Å²) in [4.78, 5) is 17.1. The van der Waals surface area contributed by atoms with E-state index in [1.807, 2.05) is 36.4 Å². The Labute approximate surface area is 151 Å². The molecule has 0 unspecified atom stereocenters. The molecule has 1 aromatic heterocycles. The lowest BCUT2D eigenvalue weighted by atomic mass is 9.79. The van der Waals surface area contributed by atoms with Crippen molar-refractivity contribution in [2.75, 3.05) is 13.1 Å². The molecule has 1 aromatic carbocycles. The van der Waals surface area contributed by atoms with Crippen molar-refractivity contribution < 1.29 is 4.79 Å². The summed E-state index contributed by atoms with van der Waals surface area (Å²) in [7, 11) is 0. The molecular weight excluding hydrogens is 340 g/mol. The highest BCUT2D eigenvalue weighted by Gasteiger charge is 2.40. The predicted octanol–water partition coefficient (Wildman–Crippen LogP) is 4.28. The van der Waals surface area contributed by atoms with Crippen molar-refractivity contribution in [3.63, 3.8) is 0 Å². The summed E-state index contributed by atoms with van der Waals surface area (Å²) >= 11 is 7.48. The van der Waals surface area contributed by atoms with E-state index in [-0.39, 0.29) is 11.9 Å². The Balaban J connectivity index is 1.48. The Morgan fingerprint density at radius 3 is 2.54 bits per heavy atom. The van der Waals surface area contributed by atoms with Crippen molar-refractivity contribution in [1.29, 1.82) is 0 Å². The van der Waals surface area contributed by atoms with E-state index in [9.17, 15) is 4.79 Å². The SMILES string of the molecule is C[C@H]1[C@H](NC(=O)c2ccc(-c3ccc(Cl)cc3)s2)C2CCN1CC2. The van der Waals surface area contributed by atoms with Crippen molar-refractivity contribution >= 4 is 28.8 Å². The third-order valence-corrected chi connectivity index (χ3v) is 6.82. The van der Waals surface area contributed by atoms with Gasteiger partial charge in [0.25, 0.3) is 5.91 Å². The molecule has 2 aromatic rings. The number of thiophene rings is 1. The number of halogens is 1. The van der Waals surface area contributed by atoms with Gasteiger partial charge in [0.15, 0.2) is 0 Å². The number of hydrogen-bond donors (Lipinski definition) is 1. The van der Waals surface area contributed by atoms with Crippen molar-refractivity contribution in [3.05, 3.63) is 46.3 Å². The van der Waals surface area contributed by atoms with Crippen LogP contribution in [0.15, 0.2) is 36.4 Å². The van der Waals surface area contributed by atoms with Crippen molar-refractivity contribution in [1.82, 2.24) is 10.2 Å². The number of piperidine rings is 3. The number of fused-ring (bicyclic) bond motifs is 3. The summed E-state index contributed by atoms with van der Waals surface area (Å²) in [5.74, 6) is 0.690. The van der Waals surface area contributed by atoms with Crippen LogP contribution in [0.5, 0.6) is 0 Å². The number of benzene rings is 1. The van der Waals surface area contributed by atoms with Gasteiger partial charge < -0.3 is 5.32 Å². The number of carbonyl (C=O) groups excluding carboxylic acids is 1. The van der Waals surface area contributed by atoms with Crippen LogP contribution in [0.3, 0.4) is 0 Å². The average Bonchev–Trinajstić information content (AvgIpc) is 3.09. The molecule has 0 aliphatic carbocycles. The predicted molar refractivity (Wildman–Crippen MR) is 99.8 cm³/mol. The molecule has 24 heavy (non-hydrogen) atoms. The Hall–Kier alpha value is -1.36. The minimum atomic E-state index is 0.0609. The highest BCUT2D eigenvalue weighted by atomic mass is 35.5. The van der Waals surface area contributed by atoms with Gasteiger partial charge >= 0.3 is 0 Å². The van der Waals surface area contributed by atoms with E-state index in [0.717, 1.165) is 20.3 Å². The highest BCUT2D eigenvalue weighted by molar-refractivity contribution is 7.17. The van der Waals surface area contributed by atoms with Gasteiger partial charge in [0, 0.05) is 22.0 Å². The topological polar surface area (TPSA) is 32.3 Å². The molecule has 4 heterocycles. The van der Waals surface area contributed by atoms with Crippen LogP contribution >= 0.6 is 22.9 Å². The van der Waals surface area contributed by atoms with Gasteiger partial charge in [-0.15, -0.1) is 11.3 Å². The fourth-order valence-electron chi connectivity index (χ4n) is 4.00. The van der Waals surface area contributed by atoms with Crippen LogP contribution < -0.4 is 5.32 Å². The highest BCUT2D eigenvalue weighted by Crippen LogP contribution is 2.33. The Morgan fingerprint density at radius 1 is 1.17 bits per heavy atom. The molecule has 2 atom stereocenters. The summed E-state index contributed by atoms with van der Waals surface area (Å²) in [5.41, 5.74) is 1.10. The van der Waals surface area contributed by atoms with Gasteiger partial charge in [-0.2, -0.15) is 0 Å². The lowest BCUT2D eigenvalue weighted by Gasteiger charge is -2.49. The first-order chi connectivity index (χ1) is 11.6. The molecule has 0 saturated carbocycles. The van der Waals surface area contributed by atoms with Gasteiger partial charge in [-0.25, -0.2) is 0 Å². The first kappa shape index (κ1) is 16.1. The van der Waals surface area contributed by atoms with Gasteiger partial charge in [-0.1, -0.05) is 23.7 Å². The second kappa shape index (κ2) is 6.51. The molecule has 3 aliphatic heterocycles. The van der Waals surface area contributed by atoms with Crippen LogP contribution in [0, 0.1) is 5.92 Å². The number of hydrogen-bond acceptors (Lipinski definition) is 3. The molecule has 0 radical (unpaired) electrons. The van der Waals surface area contributed by atoms with E-state index in [0.29, 0.717) is 12.0 Å². The van der Waals surface area contributed by atoms with Crippen LogP contribution in [0.4, 0.5) is 0 Å². The van der Waals surface area contributed by atoms with Crippen molar-refractivity contribution in [3.8, 4) is 10.4 Å². The largest absolute Gasteiger partial charge is 0.347 e. The van der Waals surface area contributed by atoms with Gasteiger partial charge in [-0.3, -0.25) is 9.69 Å². The lowest BCUT2D eigenvalue weighted by molar-refractivity contribution is 0.0218. The first-order valence-corrected chi connectivity index (χ1v) is 9.72. The molecular formula is C19H21ClN2OS. The molecule has 3 fully saturated rings. The molecule has 5 rings (SSSR count). The summed E-state index contributed by atoms with van der Waals surface area (Å²) in [6, 6.07) is 12.4. The quantitative estimate of drug-likeness (QED) is 0.885. The van der Waals surface area contributed by atoms with Crippen LogP contribution in [-0.2, 0) is 0 Å². The molecule has 126 valence electrons. The summed E-state index contributed by atoms with van der Waals surface area (Å²) in [5, 5.41) is 4.03. The maximum Gasteiger partial charge on any atom is 0.261 e. The van der Waals surface area contributed by atoms with E-state index in [2.05, 4.69) is 17.1 Å². The maximum absolute atomic E-state index is 12.7. The summed E-state index contributed by atoms with van der Waals surface area (Å²) in [6.07, 6.45) is 2.41. The number of nitrogens with zero attached hydrogens (tertiary/aromatic N) is 1. The van der Waals surface area contributed by atoms with Gasteiger partial charge in [0.1, 0.15) is 0 Å². The molecule has 1 N–H and O–H groups in total. The van der Waals surface area contributed by atoms with E-state index in [4.69, 9.17) is 11.6 Å². The second-order valence-electron chi connectivity index (χ2n) is 6.78. The zero-order valence-corrected chi connectivity index (χ0v) is 15.2. The molecule has 3 saturated heterocycles. The van der Waals surface area contributed by atoms with Crippen molar-refractivity contribution in [2.45, 2.75) is 31.8 Å². The Kier molecular flexibility index (Phi) is 4.37. The number of rotatable bonds is 3. The second-order valence-corrected chi connectivity index (χ2v) is 8.30. The molecule has 5 heteroatoms. The molecule has 0 spiro atoms. The van der Waals surface area contributed by atoms with Crippen LogP contribution in [0.1, 0.15) is 29.4 Å². The monoisotopic (exact) mass is 360 g/mol. The first-order valence-electron chi connectivity index (χ1n) is 8.52. The lowest BCUT2D eigenvalue weighted by Crippen LogP contribution is -2.62. The van der Waals surface area contributed by atoms with E-state index in [1.54, 1.807) is 11.3 Å². The molecule has 1 amide bonds. The van der Waals surface area contributed by atoms with Gasteiger partial charge in [0.05, 0.1) is 4.88 Å². The number of carbonyl (C=O) groups is 1. The third kappa shape index (κ3) is 2.99. The summed E-state index contributed by atoms with van der Waals surface area (Å²) < 4.78 is 0. The van der Waals surface area contributed by atoms with E-state index < -0.39 is 0 Å². The van der Waals surface area contributed by atoms with Gasteiger partial charge in [-0.05, 0) is 68.6 Å². The van der Waals surface area contributed by atoms with Crippen LogP contribution in [0.2, 0.25) is 5.02 Å². The van der Waals surface area contributed by atoms with Crippen molar-refractivity contribution in [2.24, 2.45) is 5.92 Å². The Morgan fingerprint density at radius 2 is 1.88 bits per heavy atom. The maximum atomic E-state index is 12.7. The average molecular weight is 361 g/mol. The van der Waals surface area contributed by atoms with Crippen LogP contribution in [0.25, 0.3) is 10.4 Å². The fraction of sp³-hybridized carbons (Fsp3) is 0.421. The van der Waals surface area contributed by atoms with E-state index in [1.165, 1.54) is 25.9 Å². The third-order valence-electron chi connectivity index (χ3n) is 5.43. The Bertz CT molecular complexity index is 732. The van der Waals surface area contributed by atoms with Gasteiger partial charge in [0.2, 0.25) is 0 Å². The standard InChI is InChI=1S/C19H21ClN2OS/c1-12-18(14-8-10-22(12)11-9-14)21-19(23)17-7-6-16(24-17)13-2-4-15(20)5-3-13/h2-7,12,14,18H,8-11H2,1H3,(H,21,23)/t12-,18-/m0/s1. The smallest absolute Gasteiger partial charge is 0.261 e. The van der Waals surface area contributed by atoms with E-state index >= 15 is 0 Å². The molecule has 2 bridgehead atoms. The molecule has 3 aliphatic rings. The van der Waals surface area contributed by atoms with Crippen LogP contribution in [-0.4, -0.2) is 36.0 Å². The molecule has 3 nitrogen and oxygen atoms in total. The number of nitrogens with one attached hydrogen (secondary N) is 1. The zero-order chi connectivity index (χ0) is 16.7. The summed E-state index contributed by atoms with van der Waals surface area (Å²) in [6.45, 7) is 4.60. The fourth-order valence-corrected chi connectivity index (χ4v) is 5.04. The number of amides is 1. The minimum absolute atomic E-state index is 0.0609. The normalized spacial score (nSPS) is 28.8. The minimum Gasteiger partial charge on any atom is -0.347 e.